The zero-order valence-corrected chi connectivity index (χ0v) is 11.0. The Morgan fingerprint density at radius 1 is 1.44 bits per heavy atom. The van der Waals surface area contributed by atoms with Gasteiger partial charge >= 0.3 is 5.97 Å². The highest BCUT2D eigenvalue weighted by molar-refractivity contribution is 7.99. The molecule has 0 radical (unpaired) electrons. The van der Waals surface area contributed by atoms with Crippen molar-refractivity contribution < 1.29 is 9.90 Å². The third-order valence-corrected chi connectivity index (χ3v) is 3.99. The summed E-state index contributed by atoms with van der Waals surface area (Å²) in [6, 6.07) is 0. The Balaban J connectivity index is 2.36. The number of nitrogens with one attached hydrogen (secondary N) is 1. The lowest BCUT2D eigenvalue weighted by Crippen LogP contribution is -2.54. The molecule has 1 rings (SSSR count). The molecule has 94 valence electrons. The van der Waals surface area contributed by atoms with Crippen LogP contribution < -0.4 is 5.32 Å². The van der Waals surface area contributed by atoms with Crippen LogP contribution >= 0.6 is 11.8 Å². The molecule has 1 fully saturated rings. The van der Waals surface area contributed by atoms with Crippen LogP contribution in [-0.2, 0) is 4.79 Å². The first-order valence-electron chi connectivity index (χ1n) is 5.78. The first kappa shape index (κ1) is 13.8. The molecule has 1 aliphatic heterocycles. The molecule has 0 saturated carbocycles. The van der Waals surface area contributed by atoms with E-state index in [1.165, 1.54) is 0 Å². The highest BCUT2D eigenvalue weighted by atomic mass is 32.2. The van der Waals surface area contributed by atoms with Crippen LogP contribution in [0.15, 0.2) is 0 Å². The summed E-state index contributed by atoms with van der Waals surface area (Å²) in [7, 11) is 4.06. The molecule has 1 heterocycles. The van der Waals surface area contributed by atoms with E-state index in [9.17, 15) is 9.90 Å². The lowest BCUT2D eigenvalue weighted by molar-refractivity contribution is -0.145. The van der Waals surface area contributed by atoms with Crippen LogP contribution in [0.25, 0.3) is 0 Å². The van der Waals surface area contributed by atoms with E-state index in [0.29, 0.717) is 0 Å². The normalized spacial score (nSPS) is 19.9. The summed E-state index contributed by atoms with van der Waals surface area (Å²) in [5.74, 6) is 1.22. The van der Waals surface area contributed by atoms with Gasteiger partial charge in [-0.05, 0) is 58.0 Å². The van der Waals surface area contributed by atoms with Gasteiger partial charge in [-0.15, -0.1) is 0 Å². The fraction of sp³-hybridized carbons (Fsp3) is 0.909. The Morgan fingerprint density at radius 2 is 2.06 bits per heavy atom. The second-order valence-corrected chi connectivity index (χ2v) is 5.81. The summed E-state index contributed by atoms with van der Waals surface area (Å²) in [5, 5.41) is 12.6. The van der Waals surface area contributed by atoms with Crippen molar-refractivity contribution in [1.29, 1.82) is 0 Å². The molecule has 5 heteroatoms. The van der Waals surface area contributed by atoms with Crippen molar-refractivity contribution in [2.45, 2.75) is 24.8 Å². The Bertz CT molecular complexity index is 228. The zero-order chi connectivity index (χ0) is 12.0. The van der Waals surface area contributed by atoms with Gasteiger partial charge in [0.15, 0.2) is 0 Å². The summed E-state index contributed by atoms with van der Waals surface area (Å²) >= 11 is 1.85. The first-order chi connectivity index (χ1) is 7.57. The lowest BCUT2D eigenvalue weighted by Gasteiger charge is -2.34. The number of thioether (sulfide) groups is 1. The van der Waals surface area contributed by atoms with Gasteiger partial charge < -0.3 is 15.3 Å². The van der Waals surface area contributed by atoms with Crippen LogP contribution in [0.5, 0.6) is 0 Å². The Kier molecular flexibility index (Phi) is 5.58. The van der Waals surface area contributed by atoms with Crippen molar-refractivity contribution in [3.63, 3.8) is 0 Å². The summed E-state index contributed by atoms with van der Waals surface area (Å²) in [6.07, 6.45) is 2.49. The number of carboxylic acid groups (broad SMARTS) is 1. The molecule has 0 aliphatic carbocycles. The second kappa shape index (κ2) is 6.47. The topological polar surface area (TPSA) is 52.6 Å². The molecule has 0 amide bonds. The third kappa shape index (κ3) is 3.96. The summed E-state index contributed by atoms with van der Waals surface area (Å²) in [6.45, 7) is 1.78. The summed E-state index contributed by atoms with van der Waals surface area (Å²) in [4.78, 5) is 13.4. The van der Waals surface area contributed by atoms with Crippen LogP contribution in [0.2, 0.25) is 0 Å². The largest absolute Gasteiger partial charge is 0.480 e. The Hall–Kier alpha value is -0.260. The predicted molar refractivity (Wildman–Crippen MR) is 68.1 cm³/mol. The van der Waals surface area contributed by atoms with Gasteiger partial charge in [-0.3, -0.25) is 4.79 Å². The van der Waals surface area contributed by atoms with Crippen LogP contribution in [-0.4, -0.2) is 60.2 Å². The van der Waals surface area contributed by atoms with Gasteiger partial charge in [0.05, 0.1) is 0 Å². The van der Waals surface area contributed by atoms with E-state index in [1.54, 1.807) is 0 Å². The predicted octanol–water partition coefficient (Wildman–Crippen LogP) is 0.878. The number of nitrogens with zero attached hydrogens (tertiary/aromatic N) is 1. The minimum atomic E-state index is -0.683. The minimum absolute atomic E-state index is 0.655. The molecule has 0 unspecified atom stereocenters. The quantitative estimate of drug-likeness (QED) is 0.681. The fourth-order valence-corrected chi connectivity index (χ4v) is 3.10. The summed E-state index contributed by atoms with van der Waals surface area (Å²) < 4.78 is 0. The number of hydrogen-bond acceptors (Lipinski definition) is 4. The van der Waals surface area contributed by atoms with E-state index in [0.717, 1.165) is 43.9 Å². The van der Waals surface area contributed by atoms with Crippen LogP contribution in [0.4, 0.5) is 0 Å². The molecule has 0 aromatic rings. The molecule has 1 saturated heterocycles. The standard InChI is InChI=1S/C11H22N2O2S/c1-13(2)7-3-6-12-11(10(14)15)4-8-16-9-5-11/h12H,3-9H2,1-2H3,(H,14,15). The fourth-order valence-electron chi connectivity index (χ4n) is 1.91. The maximum atomic E-state index is 11.3. The average molecular weight is 246 g/mol. The number of carboxylic acids is 1. The molecule has 0 atom stereocenters. The third-order valence-electron chi connectivity index (χ3n) is 3.00. The van der Waals surface area contributed by atoms with Crippen molar-refractivity contribution in [3.8, 4) is 0 Å². The molecule has 2 N–H and O–H groups in total. The lowest BCUT2D eigenvalue weighted by atomic mass is 9.92. The van der Waals surface area contributed by atoms with Crippen molar-refractivity contribution in [3.05, 3.63) is 0 Å². The first-order valence-corrected chi connectivity index (χ1v) is 6.93. The van der Waals surface area contributed by atoms with Gasteiger partial charge in [0, 0.05) is 0 Å². The molecule has 16 heavy (non-hydrogen) atoms. The van der Waals surface area contributed by atoms with Gasteiger partial charge in [0.2, 0.25) is 0 Å². The van der Waals surface area contributed by atoms with Gasteiger partial charge in [0.1, 0.15) is 5.54 Å². The van der Waals surface area contributed by atoms with Crippen molar-refractivity contribution in [2.24, 2.45) is 0 Å². The highest BCUT2D eigenvalue weighted by Crippen LogP contribution is 2.27. The Morgan fingerprint density at radius 3 is 2.56 bits per heavy atom. The molecule has 0 aromatic heterocycles. The monoisotopic (exact) mass is 246 g/mol. The SMILES string of the molecule is CN(C)CCCNC1(C(=O)O)CCSCC1. The van der Waals surface area contributed by atoms with Crippen LogP contribution in [0.1, 0.15) is 19.3 Å². The number of carbonyl (C=O) groups is 1. The van der Waals surface area contributed by atoms with E-state index >= 15 is 0 Å². The van der Waals surface area contributed by atoms with E-state index in [2.05, 4.69) is 10.2 Å². The van der Waals surface area contributed by atoms with Crippen molar-refractivity contribution in [1.82, 2.24) is 10.2 Å². The second-order valence-electron chi connectivity index (χ2n) is 4.58. The summed E-state index contributed by atoms with van der Waals surface area (Å²) in [5.41, 5.74) is -0.655. The van der Waals surface area contributed by atoms with Crippen LogP contribution in [0.3, 0.4) is 0 Å². The molecule has 0 bridgehead atoms. The molecular formula is C11H22N2O2S. The smallest absolute Gasteiger partial charge is 0.323 e. The number of rotatable bonds is 6. The van der Waals surface area contributed by atoms with E-state index in [1.807, 2.05) is 25.9 Å². The molecule has 4 nitrogen and oxygen atoms in total. The number of hydrogen-bond donors (Lipinski definition) is 2. The minimum Gasteiger partial charge on any atom is -0.480 e. The highest BCUT2D eigenvalue weighted by Gasteiger charge is 2.38. The van der Waals surface area contributed by atoms with Crippen molar-refractivity contribution >= 4 is 17.7 Å². The molecular weight excluding hydrogens is 224 g/mol. The molecule has 0 aromatic carbocycles. The van der Waals surface area contributed by atoms with E-state index in [4.69, 9.17) is 0 Å². The van der Waals surface area contributed by atoms with Gasteiger partial charge in [-0.25, -0.2) is 0 Å². The van der Waals surface area contributed by atoms with Gasteiger partial charge in [-0.2, -0.15) is 11.8 Å². The van der Waals surface area contributed by atoms with Gasteiger partial charge in [0.25, 0.3) is 0 Å². The Labute approximate surface area is 102 Å². The maximum Gasteiger partial charge on any atom is 0.323 e. The zero-order valence-electron chi connectivity index (χ0n) is 10.2. The number of aliphatic carboxylic acids is 1. The molecule has 1 aliphatic rings. The average Bonchev–Trinajstić information content (AvgIpc) is 2.25. The van der Waals surface area contributed by atoms with E-state index in [-0.39, 0.29) is 0 Å². The van der Waals surface area contributed by atoms with Gasteiger partial charge in [-0.1, -0.05) is 0 Å². The molecule has 0 spiro atoms. The van der Waals surface area contributed by atoms with Crippen LogP contribution in [0, 0.1) is 0 Å². The van der Waals surface area contributed by atoms with Crippen molar-refractivity contribution in [2.75, 3.05) is 38.7 Å². The van der Waals surface area contributed by atoms with E-state index < -0.39 is 11.5 Å². The maximum absolute atomic E-state index is 11.3.